The maximum Gasteiger partial charge on any atom is 0.0586 e. The zero-order valence-electron chi connectivity index (χ0n) is 12.7. The van der Waals surface area contributed by atoms with Crippen molar-refractivity contribution in [2.24, 2.45) is 5.41 Å². The van der Waals surface area contributed by atoms with E-state index in [-0.39, 0.29) is 0 Å². The van der Waals surface area contributed by atoms with Gasteiger partial charge in [0.15, 0.2) is 0 Å². The lowest BCUT2D eigenvalue weighted by Crippen LogP contribution is -2.50. The van der Waals surface area contributed by atoms with Gasteiger partial charge in [-0.15, -0.1) is 0 Å². The number of hydrogen-bond donors (Lipinski definition) is 2. The van der Waals surface area contributed by atoms with E-state index in [4.69, 9.17) is 0 Å². The van der Waals surface area contributed by atoms with Gasteiger partial charge in [-0.3, -0.25) is 4.90 Å². The molecule has 1 fully saturated rings. The van der Waals surface area contributed by atoms with Crippen molar-refractivity contribution in [3.8, 4) is 0 Å². The van der Waals surface area contributed by atoms with Crippen molar-refractivity contribution < 1.29 is 5.11 Å². The summed E-state index contributed by atoms with van der Waals surface area (Å²) >= 11 is 0. The third kappa shape index (κ3) is 4.87. The summed E-state index contributed by atoms with van der Waals surface area (Å²) in [5, 5.41) is 13.1. The first-order chi connectivity index (χ1) is 8.50. The van der Waals surface area contributed by atoms with Gasteiger partial charge in [-0.25, -0.2) is 0 Å². The Morgan fingerprint density at radius 3 is 2.67 bits per heavy atom. The van der Waals surface area contributed by atoms with Gasteiger partial charge in [0.2, 0.25) is 0 Å². The normalized spacial score (nSPS) is 25.3. The molecule has 0 radical (unpaired) electrons. The van der Waals surface area contributed by atoms with Gasteiger partial charge in [0.05, 0.1) is 6.61 Å². The number of hydrogen-bond acceptors (Lipinski definition) is 3. The molecule has 1 rings (SSSR count). The second-order valence-electron chi connectivity index (χ2n) is 6.50. The summed E-state index contributed by atoms with van der Waals surface area (Å²) in [6.45, 7) is 12.7. The average Bonchev–Trinajstić information content (AvgIpc) is 2.37. The molecule has 2 unspecified atom stereocenters. The van der Waals surface area contributed by atoms with Gasteiger partial charge in [-0.2, -0.15) is 0 Å². The van der Waals surface area contributed by atoms with Crippen LogP contribution in [0.1, 0.15) is 53.4 Å². The third-order valence-electron chi connectivity index (χ3n) is 4.34. The van der Waals surface area contributed by atoms with Gasteiger partial charge in [0.1, 0.15) is 0 Å². The fourth-order valence-corrected chi connectivity index (χ4v) is 2.71. The van der Waals surface area contributed by atoms with E-state index in [0.29, 0.717) is 24.1 Å². The predicted octanol–water partition coefficient (Wildman–Crippen LogP) is 2.25. The molecule has 18 heavy (non-hydrogen) atoms. The molecule has 0 aliphatic carbocycles. The number of likely N-dealkylation sites (tertiary alicyclic amines) is 1. The summed E-state index contributed by atoms with van der Waals surface area (Å²) in [6.07, 6.45) is 4.90. The van der Waals surface area contributed by atoms with Crippen LogP contribution in [0.2, 0.25) is 0 Å². The molecule has 0 aromatic rings. The van der Waals surface area contributed by atoms with Gasteiger partial charge in [0.25, 0.3) is 0 Å². The number of nitrogens with zero attached hydrogens (tertiary/aromatic N) is 1. The van der Waals surface area contributed by atoms with Crippen LogP contribution in [0.3, 0.4) is 0 Å². The van der Waals surface area contributed by atoms with Crippen molar-refractivity contribution in [2.45, 2.75) is 65.5 Å². The molecule has 1 aliphatic heterocycles. The molecule has 1 heterocycles. The number of aliphatic hydroxyl groups is 1. The highest BCUT2D eigenvalue weighted by Gasteiger charge is 2.30. The molecule has 1 saturated heterocycles. The molecule has 0 aromatic carbocycles. The first kappa shape index (κ1) is 15.9. The maximum absolute atomic E-state index is 9.49. The lowest BCUT2D eigenvalue weighted by atomic mass is 9.85. The van der Waals surface area contributed by atoms with Crippen LogP contribution in [-0.4, -0.2) is 48.3 Å². The van der Waals surface area contributed by atoms with Crippen molar-refractivity contribution in [3.05, 3.63) is 0 Å². The van der Waals surface area contributed by atoms with Gasteiger partial charge >= 0.3 is 0 Å². The van der Waals surface area contributed by atoms with E-state index >= 15 is 0 Å². The van der Waals surface area contributed by atoms with Crippen LogP contribution in [0, 0.1) is 5.41 Å². The van der Waals surface area contributed by atoms with Crippen LogP contribution >= 0.6 is 0 Å². The van der Waals surface area contributed by atoms with Crippen molar-refractivity contribution >= 4 is 0 Å². The fourth-order valence-electron chi connectivity index (χ4n) is 2.71. The van der Waals surface area contributed by atoms with Crippen molar-refractivity contribution in [2.75, 3.05) is 26.2 Å². The zero-order chi connectivity index (χ0) is 13.6. The van der Waals surface area contributed by atoms with E-state index in [1.165, 1.54) is 19.3 Å². The number of rotatable bonds is 7. The van der Waals surface area contributed by atoms with Gasteiger partial charge < -0.3 is 10.4 Å². The van der Waals surface area contributed by atoms with Crippen LogP contribution < -0.4 is 5.32 Å². The maximum atomic E-state index is 9.49. The molecule has 3 nitrogen and oxygen atoms in total. The third-order valence-corrected chi connectivity index (χ3v) is 4.34. The Bertz CT molecular complexity index is 233. The molecule has 0 spiro atoms. The molecule has 108 valence electrons. The Balaban J connectivity index is 2.53. The minimum absolute atomic E-state index is 0.315. The number of aliphatic hydroxyl groups excluding tert-OH is 1. The summed E-state index contributed by atoms with van der Waals surface area (Å²) in [6, 6.07) is 0.939. The molecular weight excluding hydrogens is 224 g/mol. The topological polar surface area (TPSA) is 35.5 Å². The molecule has 3 heteroatoms. The molecule has 2 atom stereocenters. The second kappa shape index (κ2) is 7.46. The van der Waals surface area contributed by atoms with E-state index in [0.717, 1.165) is 26.1 Å². The highest BCUT2D eigenvalue weighted by atomic mass is 16.3. The van der Waals surface area contributed by atoms with E-state index in [9.17, 15) is 5.11 Å². The summed E-state index contributed by atoms with van der Waals surface area (Å²) < 4.78 is 0. The first-order valence-corrected chi connectivity index (χ1v) is 7.59. The highest BCUT2D eigenvalue weighted by molar-refractivity contribution is 4.85. The molecule has 2 N–H and O–H groups in total. The highest BCUT2D eigenvalue weighted by Crippen LogP contribution is 2.26. The SMILES string of the molecule is CCC(C)(CNC(C)C)CN1CCCCC1CO. The summed E-state index contributed by atoms with van der Waals surface area (Å²) in [5.74, 6) is 0. The van der Waals surface area contributed by atoms with Gasteiger partial charge in [-0.1, -0.05) is 34.1 Å². The quantitative estimate of drug-likeness (QED) is 0.733. The van der Waals surface area contributed by atoms with Crippen LogP contribution in [0.5, 0.6) is 0 Å². The molecule has 0 saturated carbocycles. The van der Waals surface area contributed by atoms with Gasteiger partial charge in [-0.05, 0) is 31.2 Å². The molecule has 0 bridgehead atoms. The lowest BCUT2D eigenvalue weighted by molar-refractivity contribution is 0.0503. The van der Waals surface area contributed by atoms with Crippen LogP contribution in [0.25, 0.3) is 0 Å². The molecule has 0 aromatic heterocycles. The summed E-state index contributed by atoms with van der Waals surface area (Å²) in [7, 11) is 0. The Labute approximate surface area is 113 Å². The molecule has 0 amide bonds. The fraction of sp³-hybridized carbons (Fsp3) is 1.00. The average molecular weight is 256 g/mol. The van der Waals surface area contributed by atoms with Crippen molar-refractivity contribution in [3.63, 3.8) is 0 Å². The van der Waals surface area contributed by atoms with Crippen molar-refractivity contribution in [1.82, 2.24) is 10.2 Å². The molecule has 1 aliphatic rings. The Hall–Kier alpha value is -0.120. The first-order valence-electron chi connectivity index (χ1n) is 7.59. The Morgan fingerprint density at radius 1 is 1.39 bits per heavy atom. The Kier molecular flexibility index (Phi) is 6.61. The zero-order valence-corrected chi connectivity index (χ0v) is 12.7. The number of nitrogens with one attached hydrogen (secondary N) is 1. The van der Waals surface area contributed by atoms with Gasteiger partial charge in [0, 0.05) is 25.2 Å². The molecular formula is C15H32N2O. The monoisotopic (exact) mass is 256 g/mol. The smallest absolute Gasteiger partial charge is 0.0586 e. The standard InChI is InChI=1S/C15H32N2O/c1-5-15(4,11-16-13(2)3)12-17-9-7-6-8-14(17)10-18/h13-14,16,18H,5-12H2,1-4H3. The van der Waals surface area contributed by atoms with Crippen LogP contribution in [0.15, 0.2) is 0 Å². The largest absolute Gasteiger partial charge is 0.395 e. The van der Waals surface area contributed by atoms with E-state index in [2.05, 4.69) is 37.9 Å². The van der Waals surface area contributed by atoms with Crippen molar-refractivity contribution in [1.29, 1.82) is 0 Å². The minimum atomic E-state index is 0.315. The minimum Gasteiger partial charge on any atom is -0.395 e. The summed E-state index contributed by atoms with van der Waals surface area (Å²) in [4.78, 5) is 2.51. The van der Waals surface area contributed by atoms with E-state index in [1.807, 2.05) is 0 Å². The van der Waals surface area contributed by atoms with E-state index < -0.39 is 0 Å². The van der Waals surface area contributed by atoms with Crippen LogP contribution in [0.4, 0.5) is 0 Å². The lowest BCUT2D eigenvalue weighted by Gasteiger charge is -2.41. The van der Waals surface area contributed by atoms with E-state index in [1.54, 1.807) is 0 Å². The second-order valence-corrected chi connectivity index (χ2v) is 6.50. The summed E-state index contributed by atoms with van der Waals surface area (Å²) in [5.41, 5.74) is 0.315. The number of piperidine rings is 1. The Morgan fingerprint density at radius 2 is 2.11 bits per heavy atom. The predicted molar refractivity (Wildman–Crippen MR) is 77.8 cm³/mol. The van der Waals surface area contributed by atoms with Crippen LogP contribution in [-0.2, 0) is 0 Å².